The van der Waals surface area contributed by atoms with Crippen molar-refractivity contribution in [3.05, 3.63) is 47.6 Å². The maximum atomic E-state index is 10.6. The molecule has 0 aromatic carbocycles. The molecular weight excluding hydrogens is 384 g/mol. The van der Waals surface area contributed by atoms with Gasteiger partial charge in [-0.05, 0) is 85.7 Å². The summed E-state index contributed by atoms with van der Waals surface area (Å²) in [5.41, 5.74) is 2.82. The molecule has 3 aliphatic rings. The van der Waals surface area contributed by atoms with Crippen molar-refractivity contribution in [3.8, 4) is 0 Å². The third-order valence-corrected chi connectivity index (χ3v) is 8.84. The van der Waals surface area contributed by atoms with Gasteiger partial charge in [-0.15, -0.1) is 0 Å². The van der Waals surface area contributed by atoms with E-state index < -0.39 is 17.8 Å². The summed E-state index contributed by atoms with van der Waals surface area (Å²) in [5, 5.41) is 30.8. The minimum absolute atomic E-state index is 0.201. The number of rotatable bonds is 5. The van der Waals surface area contributed by atoms with E-state index in [-0.39, 0.29) is 5.92 Å². The van der Waals surface area contributed by atoms with Gasteiger partial charge in [0, 0.05) is 6.42 Å². The van der Waals surface area contributed by atoms with Gasteiger partial charge >= 0.3 is 0 Å². The van der Waals surface area contributed by atoms with Crippen LogP contribution < -0.4 is 0 Å². The molecule has 0 aromatic rings. The molecule has 0 radical (unpaired) electrons. The van der Waals surface area contributed by atoms with Gasteiger partial charge in [0.05, 0.1) is 17.8 Å². The lowest BCUT2D eigenvalue weighted by Gasteiger charge is -2.44. The highest BCUT2D eigenvalue weighted by Crippen LogP contribution is 2.59. The summed E-state index contributed by atoms with van der Waals surface area (Å²) in [5.74, 6) is 1.87. The zero-order chi connectivity index (χ0) is 23.0. The fraction of sp³-hybridized carbons (Fsp3) is 0.714. The van der Waals surface area contributed by atoms with Crippen LogP contribution in [-0.4, -0.2) is 33.1 Å². The van der Waals surface area contributed by atoms with E-state index >= 15 is 0 Å². The average Bonchev–Trinajstić information content (AvgIpc) is 3.05. The van der Waals surface area contributed by atoms with Crippen LogP contribution in [0.25, 0.3) is 0 Å². The first kappa shape index (κ1) is 24.5. The van der Waals surface area contributed by atoms with E-state index in [1.807, 2.05) is 13.0 Å². The van der Waals surface area contributed by atoms with E-state index in [2.05, 4.69) is 52.5 Å². The summed E-state index contributed by atoms with van der Waals surface area (Å²) in [6.07, 6.45) is 14.6. The largest absolute Gasteiger partial charge is 0.393 e. The molecule has 174 valence electrons. The van der Waals surface area contributed by atoms with Gasteiger partial charge < -0.3 is 15.3 Å². The highest BCUT2D eigenvalue weighted by atomic mass is 16.3. The first-order valence-electron chi connectivity index (χ1n) is 12.3. The van der Waals surface area contributed by atoms with Crippen molar-refractivity contribution in [2.75, 3.05) is 0 Å². The highest BCUT2D eigenvalue weighted by molar-refractivity contribution is 5.38. The number of hydrogen-bond donors (Lipinski definition) is 3. The van der Waals surface area contributed by atoms with Gasteiger partial charge in [0.15, 0.2) is 0 Å². The van der Waals surface area contributed by atoms with Crippen LogP contribution in [0.15, 0.2) is 47.6 Å². The molecule has 3 aliphatic carbocycles. The van der Waals surface area contributed by atoms with Gasteiger partial charge in [0.25, 0.3) is 0 Å². The summed E-state index contributed by atoms with van der Waals surface area (Å²) in [6, 6.07) is 0. The zero-order valence-corrected chi connectivity index (χ0v) is 20.3. The lowest BCUT2D eigenvalue weighted by Crippen LogP contribution is -2.36. The van der Waals surface area contributed by atoms with Crippen molar-refractivity contribution in [3.63, 3.8) is 0 Å². The van der Waals surface area contributed by atoms with Crippen LogP contribution in [0.3, 0.4) is 0 Å². The van der Waals surface area contributed by atoms with Crippen molar-refractivity contribution < 1.29 is 15.3 Å². The number of aliphatic hydroxyl groups excluding tert-OH is 2. The van der Waals surface area contributed by atoms with E-state index in [0.717, 1.165) is 17.6 Å². The molecule has 3 nitrogen and oxygen atoms in total. The molecule has 0 heterocycles. The minimum Gasteiger partial charge on any atom is -0.393 e. The van der Waals surface area contributed by atoms with Crippen molar-refractivity contribution >= 4 is 0 Å². The molecule has 3 saturated carbocycles. The first-order valence-corrected chi connectivity index (χ1v) is 12.3. The second-order valence-corrected chi connectivity index (χ2v) is 11.3. The van der Waals surface area contributed by atoms with Crippen LogP contribution in [-0.2, 0) is 0 Å². The fourth-order valence-corrected chi connectivity index (χ4v) is 6.28. The Kier molecular flexibility index (Phi) is 7.40. The molecule has 0 aromatic heterocycles. The van der Waals surface area contributed by atoms with Crippen LogP contribution in [0.5, 0.6) is 0 Å². The zero-order valence-electron chi connectivity index (χ0n) is 20.3. The molecule has 0 saturated heterocycles. The van der Waals surface area contributed by atoms with Crippen molar-refractivity contribution in [2.45, 2.75) is 97.4 Å². The summed E-state index contributed by atoms with van der Waals surface area (Å²) < 4.78 is 0. The molecule has 3 fully saturated rings. The molecule has 3 rings (SSSR count). The Morgan fingerprint density at radius 3 is 2.55 bits per heavy atom. The lowest BCUT2D eigenvalue weighted by molar-refractivity contribution is 0.0607. The van der Waals surface area contributed by atoms with Crippen LogP contribution in [0.1, 0.15) is 79.6 Å². The first-order chi connectivity index (χ1) is 14.5. The monoisotopic (exact) mass is 428 g/mol. The van der Waals surface area contributed by atoms with E-state index in [1.165, 1.54) is 31.3 Å². The second kappa shape index (κ2) is 9.37. The lowest BCUT2D eigenvalue weighted by atomic mass is 9.61. The Balaban J connectivity index is 1.78. The van der Waals surface area contributed by atoms with Crippen molar-refractivity contribution in [1.82, 2.24) is 0 Å². The Morgan fingerprint density at radius 1 is 1.16 bits per heavy atom. The van der Waals surface area contributed by atoms with E-state index in [4.69, 9.17) is 0 Å². The molecule has 0 bridgehead atoms. The third-order valence-electron chi connectivity index (χ3n) is 8.84. The van der Waals surface area contributed by atoms with Crippen LogP contribution in [0.4, 0.5) is 0 Å². The topological polar surface area (TPSA) is 60.7 Å². The van der Waals surface area contributed by atoms with E-state index in [0.29, 0.717) is 36.0 Å². The number of fused-ring (bicyclic) bond motifs is 1. The van der Waals surface area contributed by atoms with Gasteiger partial charge in [-0.3, -0.25) is 0 Å². The molecule has 0 spiro atoms. The Morgan fingerprint density at radius 2 is 1.87 bits per heavy atom. The predicted octanol–water partition coefficient (Wildman–Crippen LogP) is 5.73. The smallest absolute Gasteiger partial charge is 0.0822 e. The summed E-state index contributed by atoms with van der Waals surface area (Å²) in [6.45, 7) is 14.9. The maximum Gasteiger partial charge on any atom is 0.0822 e. The normalized spacial score (nSPS) is 40.0. The van der Waals surface area contributed by atoms with E-state index in [9.17, 15) is 15.3 Å². The molecule has 0 aliphatic heterocycles. The quantitative estimate of drug-likeness (QED) is 0.490. The molecule has 3 N–H and O–H groups in total. The standard InChI is InChI=1S/C28H44O3/c1-18(2)28(6,31)15-13-19(3)24-11-12-25-21(8-7-14-27(24,25)5)9-10-22-16-23(29)17-26(30)20(22)4/h9-10,13,15,18-19,23-26,29-31H,4,7-8,11-12,14,16-17H2,1-3,5-6H3/b15-13+,21-9?,22-10?/t19-,23-,24-,25?,26?,27-,28-/m1/s1. The average molecular weight is 429 g/mol. The Bertz CT molecular complexity index is 756. The third kappa shape index (κ3) is 5.10. The molecule has 31 heavy (non-hydrogen) atoms. The molecule has 7 atom stereocenters. The summed E-state index contributed by atoms with van der Waals surface area (Å²) in [7, 11) is 0. The van der Waals surface area contributed by atoms with Crippen molar-refractivity contribution in [2.24, 2.45) is 29.1 Å². The Labute approximate surface area is 189 Å². The Hall–Kier alpha value is -1.16. The summed E-state index contributed by atoms with van der Waals surface area (Å²) in [4.78, 5) is 0. The maximum absolute atomic E-state index is 10.6. The van der Waals surface area contributed by atoms with Crippen molar-refractivity contribution in [1.29, 1.82) is 0 Å². The van der Waals surface area contributed by atoms with E-state index in [1.54, 1.807) is 0 Å². The molecule has 0 amide bonds. The second-order valence-electron chi connectivity index (χ2n) is 11.3. The van der Waals surface area contributed by atoms with Gasteiger partial charge in [-0.1, -0.05) is 64.2 Å². The van der Waals surface area contributed by atoms with Crippen LogP contribution in [0, 0.1) is 29.1 Å². The number of hydrogen-bond acceptors (Lipinski definition) is 3. The minimum atomic E-state index is -0.755. The predicted molar refractivity (Wildman–Crippen MR) is 128 cm³/mol. The number of aliphatic hydroxyl groups is 3. The van der Waals surface area contributed by atoms with Gasteiger partial charge in [-0.25, -0.2) is 0 Å². The molecular formula is C28H44O3. The highest BCUT2D eigenvalue weighted by Gasteiger charge is 2.50. The molecule has 3 heteroatoms. The number of allylic oxidation sites excluding steroid dienone is 4. The van der Waals surface area contributed by atoms with Gasteiger partial charge in [0.2, 0.25) is 0 Å². The van der Waals surface area contributed by atoms with Gasteiger partial charge in [-0.2, -0.15) is 0 Å². The fourth-order valence-electron chi connectivity index (χ4n) is 6.28. The summed E-state index contributed by atoms with van der Waals surface area (Å²) >= 11 is 0. The van der Waals surface area contributed by atoms with Gasteiger partial charge in [0.1, 0.15) is 0 Å². The van der Waals surface area contributed by atoms with Crippen LogP contribution >= 0.6 is 0 Å². The van der Waals surface area contributed by atoms with Crippen LogP contribution in [0.2, 0.25) is 0 Å². The SMILES string of the molecule is C=C1C(=CC=C2CCC[C@@]3(C)C2CC[C@@H]3[C@H](C)/C=C/[C@@](C)(O)C(C)C)C[C@@H](O)CC1O. The molecule has 2 unspecified atom stereocenters.